The van der Waals surface area contributed by atoms with Crippen LogP contribution in [-0.4, -0.2) is 17.5 Å². The maximum Gasteiger partial charge on any atom is 0.250 e. The average Bonchev–Trinajstić information content (AvgIpc) is 2.47. The van der Waals surface area contributed by atoms with E-state index in [-0.39, 0.29) is 0 Å². The number of primary amides is 1. The molecule has 20 heavy (non-hydrogen) atoms. The maximum atomic E-state index is 11.4. The minimum absolute atomic E-state index is 0.317. The van der Waals surface area contributed by atoms with Gasteiger partial charge in [-0.05, 0) is 36.6 Å². The molecule has 0 unspecified atom stereocenters. The zero-order chi connectivity index (χ0) is 13.9. The number of hydrogen-bond donors (Lipinski definition) is 1. The van der Waals surface area contributed by atoms with Crippen LogP contribution in [0, 0.1) is 5.92 Å². The molecule has 1 aliphatic rings. The monoisotopic (exact) mass is 268 g/mol. The molecule has 1 aromatic heterocycles. The van der Waals surface area contributed by atoms with E-state index in [0.29, 0.717) is 24.5 Å². The molecular weight excluding hydrogens is 252 g/mol. The third kappa shape index (κ3) is 2.50. The summed E-state index contributed by atoms with van der Waals surface area (Å²) in [5.41, 5.74) is 7.86. The first-order chi connectivity index (χ1) is 9.74. The number of hydrogen-bond acceptors (Lipinski definition) is 3. The number of ether oxygens (including phenoxy) is 1. The third-order valence-corrected chi connectivity index (χ3v) is 3.59. The lowest BCUT2D eigenvalue weighted by Gasteiger charge is -2.25. The molecule has 1 amide bonds. The zero-order valence-corrected chi connectivity index (χ0v) is 11.1. The molecule has 0 spiro atoms. The molecule has 0 saturated heterocycles. The second kappa shape index (κ2) is 5.33. The number of rotatable bonds is 3. The Balaban J connectivity index is 1.79. The van der Waals surface area contributed by atoms with E-state index in [4.69, 9.17) is 10.5 Å². The first-order valence-corrected chi connectivity index (χ1v) is 6.68. The molecule has 0 fully saturated rings. The standard InChI is InChI=1S/C16H16N2O2/c17-16(19)13-5-3-7-18-14(13)9-11-8-12-4-1-2-6-15(12)20-10-11/h1-7,11H,8-10H2,(H2,17,19)/t11-/m0/s1. The zero-order valence-electron chi connectivity index (χ0n) is 11.1. The normalized spacial score (nSPS) is 17.1. The molecule has 0 saturated carbocycles. The van der Waals surface area contributed by atoms with Crippen LogP contribution in [0.5, 0.6) is 5.75 Å². The van der Waals surface area contributed by atoms with Crippen molar-refractivity contribution in [3.8, 4) is 5.75 Å². The Morgan fingerprint density at radius 3 is 3.00 bits per heavy atom. The van der Waals surface area contributed by atoms with Crippen LogP contribution in [0.15, 0.2) is 42.6 Å². The maximum absolute atomic E-state index is 11.4. The Hall–Kier alpha value is -2.36. The van der Waals surface area contributed by atoms with Crippen molar-refractivity contribution in [2.24, 2.45) is 11.7 Å². The van der Waals surface area contributed by atoms with Gasteiger partial charge < -0.3 is 10.5 Å². The fourth-order valence-corrected chi connectivity index (χ4v) is 2.62. The smallest absolute Gasteiger partial charge is 0.250 e. The van der Waals surface area contributed by atoms with Crippen molar-refractivity contribution in [1.82, 2.24) is 4.98 Å². The summed E-state index contributed by atoms with van der Waals surface area (Å²) in [6.45, 7) is 0.645. The van der Waals surface area contributed by atoms with E-state index in [1.54, 1.807) is 18.3 Å². The van der Waals surface area contributed by atoms with Gasteiger partial charge in [-0.1, -0.05) is 18.2 Å². The van der Waals surface area contributed by atoms with Gasteiger partial charge in [0.25, 0.3) is 5.91 Å². The first kappa shape index (κ1) is 12.7. The number of aromatic nitrogens is 1. The Kier molecular flexibility index (Phi) is 3.37. The molecule has 1 atom stereocenters. The highest BCUT2D eigenvalue weighted by Gasteiger charge is 2.22. The number of benzene rings is 1. The van der Waals surface area contributed by atoms with Crippen LogP contribution in [0.3, 0.4) is 0 Å². The lowest BCUT2D eigenvalue weighted by Crippen LogP contribution is -2.25. The number of fused-ring (bicyclic) bond motifs is 1. The number of carbonyl (C=O) groups excluding carboxylic acids is 1. The van der Waals surface area contributed by atoms with Gasteiger partial charge in [-0.25, -0.2) is 0 Å². The van der Waals surface area contributed by atoms with E-state index < -0.39 is 5.91 Å². The largest absolute Gasteiger partial charge is 0.493 e. The van der Waals surface area contributed by atoms with Crippen molar-refractivity contribution in [3.63, 3.8) is 0 Å². The van der Waals surface area contributed by atoms with Crippen molar-refractivity contribution in [3.05, 3.63) is 59.4 Å². The molecular formula is C16H16N2O2. The first-order valence-electron chi connectivity index (χ1n) is 6.68. The number of amides is 1. The second-order valence-electron chi connectivity index (χ2n) is 5.05. The Labute approximate surface area is 117 Å². The average molecular weight is 268 g/mol. The van der Waals surface area contributed by atoms with E-state index in [9.17, 15) is 4.79 Å². The van der Waals surface area contributed by atoms with Crippen LogP contribution in [0.1, 0.15) is 21.6 Å². The molecule has 0 bridgehead atoms. The number of carbonyl (C=O) groups is 1. The van der Waals surface area contributed by atoms with Gasteiger partial charge in [-0.15, -0.1) is 0 Å². The van der Waals surface area contributed by atoms with E-state index in [1.807, 2.05) is 18.2 Å². The van der Waals surface area contributed by atoms with E-state index in [2.05, 4.69) is 11.1 Å². The van der Waals surface area contributed by atoms with Gasteiger partial charge in [0.05, 0.1) is 17.9 Å². The van der Waals surface area contributed by atoms with Gasteiger partial charge in [-0.2, -0.15) is 0 Å². The number of pyridine rings is 1. The predicted molar refractivity (Wildman–Crippen MR) is 75.6 cm³/mol. The van der Waals surface area contributed by atoms with Crippen molar-refractivity contribution in [1.29, 1.82) is 0 Å². The van der Waals surface area contributed by atoms with Crippen LogP contribution in [0.25, 0.3) is 0 Å². The highest BCUT2D eigenvalue weighted by Crippen LogP contribution is 2.28. The highest BCUT2D eigenvalue weighted by molar-refractivity contribution is 5.93. The SMILES string of the molecule is NC(=O)c1cccnc1C[C@H]1COc2ccccc2C1. The molecule has 4 heteroatoms. The summed E-state index contributed by atoms with van der Waals surface area (Å²) in [6.07, 6.45) is 3.33. The summed E-state index contributed by atoms with van der Waals surface area (Å²) in [4.78, 5) is 15.7. The lowest BCUT2D eigenvalue weighted by molar-refractivity contribution is 0.0998. The van der Waals surface area contributed by atoms with Crippen molar-refractivity contribution >= 4 is 5.91 Å². The number of nitrogens with two attached hydrogens (primary N) is 1. The van der Waals surface area contributed by atoms with Crippen molar-refractivity contribution < 1.29 is 9.53 Å². The minimum atomic E-state index is -0.426. The Morgan fingerprint density at radius 2 is 2.15 bits per heavy atom. The van der Waals surface area contributed by atoms with E-state index >= 15 is 0 Å². The predicted octanol–water partition coefficient (Wildman–Crippen LogP) is 1.97. The van der Waals surface area contributed by atoms with Gasteiger partial charge in [0.1, 0.15) is 5.75 Å². The van der Waals surface area contributed by atoms with E-state index in [0.717, 1.165) is 17.9 Å². The van der Waals surface area contributed by atoms with Crippen molar-refractivity contribution in [2.75, 3.05) is 6.61 Å². The van der Waals surface area contributed by atoms with Gasteiger partial charge in [0.2, 0.25) is 0 Å². The molecule has 2 N–H and O–H groups in total. The van der Waals surface area contributed by atoms with Gasteiger partial charge in [-0.3, -0.25) is 9.78 Å². The number of para-hydroxylation sites is 1. The quantitative estimate of drug-likeness (QED) is 0.925. The fourth-order valence-electron chi connectivity index (χ4n) is 2.62. The molecule has 1 aromatic carbocycles. The van der Waals surface area contributed by atoms with E-state index in [1.165, 1.54) is 5.56 Å². The summed E-state index contributed by atoms with van der Waals surface area (Å²) in [6, 6.07) is 11.5. The summed E-state index contributed by atoms with van der Waals surface area (Å²) >= 11 is 0. The summed E-state index contributed by atoms with van der Waals surface area (Å²) in [5, 5.41) is 0. The Morgan fingerprint density at radius 1 is 1.30 bits per heavy atom. The topological polar surface area (TPSA) is 65.2 Å². The molecule has 4 nitrogen and oxygen atoms in total. The third-order valence-electron chi connectivity index (χ3n) is 3.59. The van der Waals surface area contributed by atoms with Gasteiger partial charge in [0.15, 0.2) is 0 Å². The van der Waals surface area contributed by atoms with Crippen molar-refractivity contribution in [2.45, 2.75) is 12.8 Å². The molecule has 102 valence electrons. The molecule has 3 rings (SSSR count). The summed E-state index contributed by atoms with van der Waals surface area (Å²) < 4.78 is 5.76. The van der Waals surface area contributed by atoms with Crippen LogP contribution in [0.4, 0.5) is 0 Å². The highest BCUT2D eigenvalue weighted by atomic mass is 16.5. The van der Waals surface area contributed by atoms with Crippen LogP contribution in [-0.2, 0) is 12.8 Å². The molecule has 1 aliphatic heterocycles. The minimum Gasteiger partial charge on any atom is -0.493 e. The molecule has 2 heterocycles. The van der Waals surface area contributed by atoms with Gasteiger partial charge in [0, 0.05) is 12.1 Å². The summed E-state index contributed by atoms with van der Waals surface area (Å²) in [7, 11) is 0. The fraction of sp³-hybridized carbons (Fsp3) is 0.250. The lowest BCUT2D eigenvalue weighted by atomic mass is 9.91. The number of nitrogens with zero attached hydrogens (tertiary/aromatic N) is 1. The van der Waals surface area contributed by atoms with Crippen LogP contribution in [0.2, 0.25) is 0 Å². The Bertz CT molecular complexity index is 640. The molecule has 0 radical (unpaired) electrons. The summed E-state index contributed by atoms with van der Waals surface area (Å²) in [5.74, 6) is 0.850. The van der Waals surface area contributed by atoms with Crippen LogP contribution >= 0.6 is 0 Å². The second-order valence-corrected chi connectivity index (χ2v) is 5.05. The van der Waals surface area contributed by atoms with Gasteiger partial charge >= 0.3 is 0 Å². The van der Waals surface area contributed by atoms with Crippen LogP contribution < -0.4 is 10.5 Å². The molecule has 2 aromatic rings. The molecule has 0 aliphatic carbocycles.